The fraction of sp³-hybridized carbons (Fsp3) is 0.200. The van der Waals surface area contributed by atoms with Crippen LogP contribution >= 0.6 is 27.3 Å². The highest BCUT2D eigenvalue weighted by molar-refractivity contribution is 9.10. The van der Waals surface area contributed by atoms with E-state index in [9.17, 15) is 9.18 Å². The molecule has 27 heavy (non-hydrogen) atoms. The Morgan fingerprint density at radius 2 is 2.00 bits per heavy atom. The molecule has 1 heterocycles. The number of carbonyl (C=O) groups excluding carboxylic acids is 1. The van der Waals surface area contributed by atoms with Gasteiger partial charge < -0.3 is 4.74 Å². The molecule has 0 spiro atoms. The van der Waals surface area contributed by atoms with Crippen LogP contribution < -0.4 is 9.64 Å². The summed E-state index contributed by atoms with van der Waals surface area (Å²) >= 11 is 4.56. The van der Waals surface area contributed by atoms with Gasteiger partial charge in [0.15, 0.2) is 16.7 Å². The molecule has 0 aliphatic rings. The van der Waals surface area contributed by atoms with Gasteiger partial charge in [-0.3, -0.25) is 9.69 Å². The number of anilines is 2. The molecule has 2 aromatic carbocycles. The maximum atomic E-state index is 13.8. The smallest absolute Gasteiger partial charge is 0.230 e. The fourth-order valence-corrected chi connectivity index (χ4v) is 3.72. The van der Waals surface area contributed by atoms with Gasteiger partial charge in [-0.05, 0) is 42.3 Å². The van der Waals surface area contributed by atoms with Crippen LogP contribution in [0.2, 0.25) is 0 Å². The third kappa shape index (κ3) is 4.73. The Balaban J connectivity index is 1.76. The number of rotatable bonds is 6. The summed E-state index contributed by atoms with van der Waals surface area (Å²) < 4.78 is 20.0. The quantitative estimate of drug-likeness (QED) is 0.473. The molecule has 140 valence electrons. The number of aromatic nitrogens is 1. The normalized spacial score (nSPS) is 10.7. The number of aryl methyl sites for hydroxylation is 1. The second-order valence-electron chi connectivity index (χ2n) is 5.86. The molecular weight excluding hydrogens is 431 g/mol. The third-order valence-corrected chi connectivity index (χ3v) is 5.29. The summed E-state index contributed by atoms with van der Waals surface area (Å²) in [4.78, 5) is 18.2. The maximum absolute atomic E-state index is 13.8. The molecular formula is C20H18BrFN2O2S. The van der Waals surface area contributed by atoms with Crippen molar-refractivity contribution in [2.24, 2.45) is 0 Å². The number of thiazole rings is 1. The first-order valence-electron chi connectivity index (χ1n) is 8.40. The largest absolute Gasteiger partial charge is 0.484 e. The average molecular weight is 449 g/mol. The highest BCUT2D eigenvalue weighted by Crippen LogP contribution is 2.30. The molecule has 1 aromatic heterocycles. The molecule has 3 aromatic rings. The Labute approximate surface area is 169 Å². The summed E-state index contributed by atoms with van der Waals surface area (Å²) in [6, 6.07) is 12.4. The fourth-order valence-electron chi connectivity index (χ4n) is 2.52. The van der Waals surface area contributed by atoms with Gasteiger partial charge in [0.25, 0.3) is 0 Å². The van der Waals surface area contributed by atoms with Gasteiger partial charge in [0.1, 0.15) is 6.61 Å². The van der Waals surface area contributed by atoms with Gasteiger partial charge in [-0.1, -0.05) is 35.0 Å². The van der Waals surface area contributed by atoms with Gasteiger partial charge in [0.05, 0.1) is 11.4 Å². The molecule has 0 N–H and O–H groups in total. The summed E-state index contributed by atoms with van der Waals surface area (Å²) in [6.07, 6.45) is 0.936. The monoisotopic (exact) mass is 448 g/mol. The van der Waals surface area contributed by atoms with Crippen LogP contribution in [0.15, 0.2) is 52.3 Å². The highest BCUT2D eigenvalue weighted by Gasteiger charge is 2.18. The predicted molar refractivity (Wildman–Crippen MR) is 109 cm³/mol. The first kappa shape index (κ1) is 19.5. The molecule has 0 saturated heterocycles. The van der Waals surface area contributed by atoms with Gasteiger partial charge in [0, 0.05) is 16.8 Å². The minimum absolute atomic E-state index is 0.121. The van der Waals surface area contributed by atoms with Crippen molar-refractivity contribution in [3.05, 3.63) is 69.4 Å². The van der Waals surface area contributed by atoms with Crippen LogP contribution in [0.3, 0.4) is 0 Å². The molecule has 0 unspecified atom stereocenters. The number of hydrogen-bond donors (Lipinski definition) is 0. The van der Waals surface area contributed by atoms with E-state index in [2.05, 4.69) is 27.8 Å². The number of benzene rings is 2. The van der Waals surface area contributed by atoms with E-state index in [0.29, 0.717) is 15.3 Å². The summed E-state index contributed by atoms with van der Waals surface area (Å²) in [7, 11) is 0. The Hall–Kier alpha value is -2.25. The lowest BCUT2D eigenvalue weighted by atomic mass is 10.1. The van der Waals surface area contributed by atoms with E-state index in [1.54, 1.807) is 17.0 Å². The zero-order valence-corrected chi connectivity index (χ0v) is 17.3. The minimum Gasteiger partial charge on any atom is -0.484 e. The molecule has 0 bridgehead atoms. The molecule has 1 amide bonds. The van der Waals surface area contributed by atoms with Crippen molar-refractivity contribution in [1.82, 2.24) is 4.98 Å². The van der Waals surface area contributed by atoms with Crippen molar-refractivity contribution in [1.29, 1.82) is 0 Å². The van der Waals surface area contributed by atoms with E-state index in [1.807, 2.05) is 29.6 Å². The van der Waals surface area contributed by atoms with E-state index in [0.717, 1.165) is 12.1 Å². The number of amides is 1. The minimum atomic E-state index is -0.443. The van der Waals surface area contributed by atoms with E-state index in [1.165, 1.54) is 29.9 Å². The molecule has 3 rings (SSSR count). The van der Waals surface area contributed by atoms with E-state index < -0.39 is 5.82 Å². The molecule has 0 saturated carbocycles. The summed E-state index contributed by atoms with van der Waals surface area (Å²) in [5, 5.41) is 2.37. The predicted octanol–water partition coefficient (Wildman–Crippen LogP) is 5.87. The second-order valence-corrected chi connectivity index (χ2v) is 7.61. The third-order valence-electron chi connectivity index (χ3n) is 3.92. The van der Waals surface area contributed by atoms with Crippen molar-refractivity contribution < 1.29 is 13.9 Å². The molecule has 0 atom stereocenters. The first-order chi connectivity index (χ1) is 13.0. The Morgan fingerprint density at radius 3 is 2.63 bits per heavy atom. The Kier molecular flexibility index (Phi) is 6.23. The van der Waals surface area contributed by atoms with Crippen LogP contribution in [0.5, 0.6) is 5.75 Å². The number of hydrogen-bond acceptors (Lipinski definition) is 4. The van der Waals surface area contributed by atoms with E-state index in [4.69, 9.17) is 4.74 Å². The standard InChI is InChI=1S/C20H18BrFN2O2S/c1-3-14-4-7-17(8-5-14)24(13(2)25)20-23-16(12-27-20)11-26-19-9-6-15(21)10-18(19)22/h4-10,12H,3,11H2,1-2H3. The van der Waals surface area contributed by atoms with E-state index in [-0.39, 0.29) is 18.3 Å². The summed E-state index contributed by atoms with van der Waals surface area (Å²) in [5.74, 6) is -0.410. The van der Waals surface area contributed by atoms with Crippen molar-refractivity contribution in [2.45, 2.75) is 26.9 Å². The number of ether oxygens (including phenoxy) is 1. The molecule has 0 aliphatic carbocycles. The summed E-state index contributed by atoms with van der Waals surface area (Å²) in [5.41, 5.74) is 2.60. The Bertz CT molecular complexity index is 943. The van der Waals surface area contributed by atoms with Crippen LogP contribution in [0.1, 0.15) is 25.1 Å². The number of nitrogens with zero attached hydrogens (tertiary/aromatic N) is 2. The van der Waals surface area contributed by atoms with Gasteiger partial charge in [-0.2, -0.15) is 0 Å². The zero-order chi connectivity index (χ0) is 19.4. The van der Waals surface area contributed by atoms with Crippen LogP contribution in [-0.2, 0) is 17.8 Å². The van der Waals surface area contributed by atoms with Gasteiger partial charge >= 0.3 is 0 Å². The lowest BCUT2D eigenvalue weighted by molar-refractivity contribution is -0.115. The van der Waals surface area contributed by atoms with Crippen LogP contribution in [-0.4, -0.2) is 10.9 Å². The van der Waals surface area contributed by atoms with E-state index >= 15 is 0 Å². The molecule has 7 heteroatoms. The second kappa shape index (κ2) is 8.63. The van der Waals surface area contributed by atoms with Gasteiger partial charge in [-0.15, -0.1) is 11.3 Å². The summed E-state index contributed by atoms with van der Waals surface area (Å²) in [6.45, 7) is 3.71. The van der Waals surface area contributed by atoms with Gasteiger partial charge in [-0.25, -0.2) is 9.37 Å². The van der Waals surface area contributed by atoms with Crippen LogP contribution in [0, 0.1) is 5.82 Å². The lowest BCUT2D eigenvalue weighted by Gasteiger charge is -2.18. The van der Waals surface area contributed by atoms with Gasteiger partial charge in [0.2, 0.25) is 5.91 Å². The number of halogens is 2. The van der Waals surface area contributed by atoms with Crippen molar-refractivity contribution in [2.75, 3.05) is 4.90 Å². The molecule has 0 fully saturated rings. The topological polar surface area (TPSA) is 42.4 Å². The average Bonchev–Trinajstić information content (AvgIpc) is 3.10. The van der Waals surface area contributed by atoms with Crippen LogP contribution in [0.25, 0.3) is 0 Å². The lowest BCUT2D eigenvalue weighted by Crippen LogP contribution is -2.22. The SMILES string of the molecule is CCc1ccc(N(C(C)=O)c2nc(COc3ccc(Br)cc3F)cs2)cc1. The first-order valence-corrected chi connectivity index (χ1v) is 10.1. The van der Waals surface area contributed by atoms with Crippen molar-refractivity contribution >= 4 is 44.0 Å². The molecule has 4 nitrogen and oxygen atoms in total. The van der Waals surface area contributed by atoms with Crippen LogP contribution in [0.4, 0.5) is 15.2 Å². The van der Waals surface area contributed by atoms with Crippen molar-refractivity contribution in [3.8, 4) is 5.75 Å². The van der Waals surface area contributed by atoms with Crippen molar-refractivity contribution in [3.63, 3.8) is 0 Å². The maximum Gasteiger partial charge on any atom is 0.230 e. The Morgan fingerprint density at radius 1 is 1.26 bits per heavy atom. The zero-order valence-electron chi connectivity index (χ0n) is 14.9. The molecule has 0 radical (unpaired) electrons. The molecule has 0 aliphatic heterocycles. The highest BCUT2D eigenvalue weighted by atomic mass is 79.9. The number of carbonyl (C=O) groups is 1.